The molecule has 1 spiro atoms. The first-order valence-electron chi connectivity index (χ1n) is 15.2. The highest BCUT2D eigenvalue weighted by Crippen LogP contribution is 2.72. The van der Waals surface area contributed by atoms with Gasteiger partial charge < -0.3 is 19.8 Å². The van der Waals surface area contributed by atoms with Crippen molar-refractivity contribution < 1.29 is 19.5 Å². The van der Waals surface area contributed by atoms with Crippen molar-refractivity contribution in [3.05, 3.63) is 54.1 Å². The summed E-state index contributed by atoms with van der Waals surface area (Å²) in [4.78, 5) is 49.1. The minimum atomic E-state index is -0.861. The van der Waals surface area contributed by atoms with Gasteiger partial charge in [0.1, 0.15) is 6.04 Å². The molecule has 1 aromatic carbocycles. The third-order valence-electron chi connectivity index (χ3n) is 9.75. The predicted molar refractivity (Wildman–Crippen MR) is 172 cm³/mol. The smallest absolute Gasteiger partial charge is 0.251 e. The van der Waals surface area contributed by atoms with Gasteiger partial charge >= 0.3 is 0 Å². The molecule has 3 heterocycles. The van der Waals surface area contributed by atoms with E-state index in [0.29, 0.717) is 30.2 Å². The number of benzene rings is 1. The number of aliphatic hydroxyl groups is 1. The molecule has 9 heteroatoms. The Hall–Kier alpha value is -2.29. The van der Waals surface area contributed by atoms with Crippen LogP contribution in [0.5, 0.6) is 0 Å². The summed E-state index contributed by atoms with van der Waals surface area (Å²) in [7, 11) is 0. The van der Waals surface area contributed by atoms with Gasteiger partial charge in [-0.3, -0.25) is 14.4 Å². The fraction of sp³-hybridized carbons (Fsp3) is 0.606. The van der Waals surface area contributed by atoms with Gasteiger partial charge in [0, 0.05) is 24.4 Å². The highest BCUT2D eigenvalue weighted by atomic mass is 35.5. The molecule has 0 aliphatic carbocycles. The third-order valence-corrected chi connectivity index (χ3v) is 12.0. The van der Waals surface area contributed by atoms with Gasteiger partial charge in [-0.25, -0.2) is 0 Å². The van der Waals surface area contributed by atoms with Crippen molar-refractivity contribution in [2.45, 2.75) is 81.9 Å². The fourth-order valence-corrected chi connectivity index (χ4v) is 10.3. The molecule has 4 rings (SSSR count). The number of rotatable bonds is 13. The zero-order valence-corrected chi connectivity index (χ0v) is 27.2. The molecule has 3 aliphatic heterocycles. The van der Waals surface area contributed by atoms with Crippen LogP contribution >= 0.6 is 23.4 Å². The number of halogens is 1. The highest BCUT2D eigenvalue weighted by molar-refractivity contribution is 8.02. The fourth-order valence-electron chi connectivity index (χ4n) is 7.64. The minimum Gasteiger partial charge on any atom is -0.394 e. The maximum Gasteiger partial charge on any atom is 0.251 e. The molecular formula is C33H46ClN3O4S. The number of aliphatic hydroxyl groups excluding tert-OH is 1. The van der Waals surface area contributed by atoms with Crippen molar-refractivity contribution >= 4 is 46.8 Å². The average Bonchev–Trinajstić information content (AvgIpc) is 3.52. The molecular weight excluding hydrogens is 570 g/mol. The van der Waals surface area contributed by atoms with Crippen LogP contribution in [0.15, 0.2) is 43.5 Å². The Morgan fingerprint density at radius 2 is 1.90 bits per heavy atom. The summed E-state index contributed by atoms with van der Waals surface area (Å²) in [6, 6.07) is 4.10. The topological polar surface area (TPSA) is 81.2 Å². The van der Waals surface area contributed by atoms with Gasteiger partial charge in [-0.15, -0.1) is 24.9 Å². The summed E-state index contributed by atoms with van der Waals surface area (Å²) in [6.07, 6.45) is 6.28. The summed E-state index contributed by atoms with van der Waals surface area (Å²) in [5, 5.41) is 11.1. The Morgan fingerprint density at radius 1 is 1.21 bits per heavy atom. The van der Waals surface area contributed by atoms with Gasteiger partial charge in [0.25, 0.3) is 5.91 Å². The first-order chi connectivity index (χ1) is 20.0. The Kier molecular flexibility index (Phi) is 9.90. The molecule has 7 nitrogen and oxygen atoms in total. The van der Waals surface area contributed by atoms with E-state index in [2.05, 4.69) is 20.1 Å². The van der Waals surface area contributed by atoms with Crippen molar-refractivity contribution in [2.24, 2.45) is 17.8 Å². The molecule has 2 bridgehead atoms. The molecule has 3 saturated heterocycles. The molecule has 1 N–H and O–H groups in total. The molecule has 230 valence electrons. The summed E-state index contributed by atoms with van der Waals surface area (Å²) in [5.74, 6) is -1.78. The lowest BCUT2D eigenvalue weighted by molar-refractivity contribution is -0.147. The molecule has 1 aromatic rings. The maximum absolute atomic E-state index is 15.0. The number of hydrogen-bond donors (Lipinski definition) is 1. The summed E-state index contributed by atoms with van der Waals surface area (Å²) in [6.45, 7) is 18.8. The third kappa shape index (κ3) is 5.11. The van der Waals surface area contributed by atoms with Crippen LogP contribution in [0.2, 0.25) is 5.02 Å². The van der Waals surface area contributed by atoms with E-state index >= 15 is 0 Å². The molecule has 0 saturated carbocycles. The normalized spacial score (nSPS) is 29.3. The van der Waals surface area contributed by atoms with Gasteiger partial charge in [-0.1, -0.05) is 63.1 Å². The van der Waals surface area contributed by atoms with Crippen LogP contribution in [0.1, 0.15) is 58.9 Å². The van der Waals surface area contributed by atoms with Crippen LogP contribution in [0.3, 0.4) is 0 Å². The molecule has 0 aromatic heterocycles. The van der Waals surface area contributed by atoms with Crippen molar-refractivity contribution in [1.29, 1.82) is 0 Å². The second kappa shape index (κ2) is 12.7. The number of nitrogens with zero attached hydrogens (tertiary/aromatic N) is 3. The predicted octanol–water partition coefficient (Wildman–Crippen LogP) is 5.48. The van der Waals surface area contributed by atoms with E-state index in [1.165, 1.54) is 0 Å². The summed E-state index contributed by atoms with van der Waals surface area (Å²) in [5.41, 5.74) is 1.43. The first-order valence-corrected chi connectivity index (χ1v) is 16.4. The zero-order valence-electron chi connectivity index (χ0n) is 25.6. The van der Waals surface area contributed by atoms with Crippen molar-refractivity contribution in [1.82, 2.24) is 9.80 Å². The van der Waals surface area contributed by atoms with Crippen LogP contribution in [0.4, 0.5) is 5.69 Å². The van der Waals surface area contributed by atoms with E-state index in [-0.39, 0.29) is 36.8 Å². The van der Waals surface area contributed by atoms with Crippen molar-refractivity contribution in [3.8, 4) is 0 Å². The number of likely N-dealkylation sites (tertiary alicyclic amines) is 1. The maximum atomic E-state index is 15.0. The van der Waals surface area contributed by atoms with Crippen molar-refractivity contribution in [3.63, 3.8) is 0 Å². The van der Waals surface area contributed by atoms with E-state index in [4.69, 9.17) is 11.6 Å². The Bertz CT molecular complexity index is 1220. The Morgan fingerprint density at radius 3 is 2.48 bits per heavy atom. The van der Waals surface area contributed by atoms with E-state index in [1.807, 2.05) is 39.8 Å². The standard InChI is InChI=1S/C33H46ClN3O4S/c1-8-17-35(18-9-2)29(39)25-26-30(40)37(24(20-38)21(5)11-4)28(33(26)16-15-32(25,7)42-33)31(41)36(19-10-3)27-22(6)13-12-14-23(27)34/h8,10,12-14,21,24-26,28,38H,1,3,9,11,15-20H2,2,4-7H3/t21-,24-,25+,26-,28?,32-,33?/m0/s1. The number of para-hydroxylation sites is 1. The quantitative estimate of drug-likeness (QED) is 0.297. The van der Waals surface area contributed by atoms with Crippen molar-refractivity contribution in [2.75, 3.05) is 31.1 Å². The number of anilines is 1. The lowest BCUT2D eigenvalue weighted by Crippen LogP contribution is -2.59. The molecule has 3 amide bonds. The molecule has 3 fully saturated rings. The van der Waals surface area contributed by atoms with Gasteiger partial charge in [0.15, 0.2) is 0 Å². The average molecular weight is 616 g/mol. The molecule has 2 unspecified atom stereocenters. The van der Waals surface area contributed by atoms with Gasteiger partial charge in [-0.05, 0) is 50.7 Å². The van der Waals surface area contributed by atoms with E-state index in [1.54, 1.807) is 44.7 Å². The van der Waals surface area contributed by atoms with Crippen LogP contribution in [0, 0.1) is 24.7 Å². The monoisotopic (exact) mass is 615 g/mol. The second-order valence-corrected chi connectivity index (χ2v) is 14.6. The summed E-state index contributed by atoms with van der Waals surface area (Å²) < 4.78 is -1.28. The largest absolute Gasteiger partial charge is 0.394 e. The van der Waals surface area contributed by atoms with E-state index in [9.17, 15) is 19.5 Å². The van der Waals surface area contributed by atoms with Gasteiger partial charge in [0.05, 0.1) is 39.9 Å². The summed E-state index contributed by atoms with van der Waals surface area (Å²) >= 11 is 8.34. The van der Waals surface area contributed by atoms with Gasteiger partial charge in [0.2, 0.25) is 11.8 Å². The second-order valence-electron chi connectivity index (χ2n) is 12.3. The minimum absolute atomic E-state index is 0.0475. The number of carbonyl (C=O) groups is 3. The number of hydrogen-bond acceptors (Lipinski definition) is 5. The lowest BCUT2D eigenvalue weighted by atomic mass is 9.66. The number of carbonyl (C=O) groups excluding carboxylic acids is 3. The van der Waals surface area contributed by atoms with E-state index < -0.39 is 33.4 Å². The van der Waals surface area contributed by atoms with Crippen LogP contribution < -0.4 is 4.90 Å². The van der Waals surface area contributed by atoms with Crippen LogP contribution in [-0.2, 0) is 14.4 Å². The van der Waals surface area contributed by atoms with Crippen LogP contribution in [-0.4, -0.2) is 80.4 Å². The zero-order chi connectivity index (χ0) is 31.0. The number of thioether (sulfide) groups is 1. The lowest BCUT2D eigenvalue weighted by Gasteiger charge is -2.41. The number of fused-ring (bicyclic) bond motifs is 1. The molecule has 3 aliphatic rings. The highest BCUT2D eigenvalue weighted by Gasteiger charge is 2.78. The SMILES string of the molecule is C=CCN(CCC)C(=O)[C@H]1[C@H]2C(=O)N([C@@H](CO)[C@@H](C)CC)C(C(=O)N(CC=C)c3c(C)cccc3Cl)C23CC[C@]1(C)S3. The number of amides is 3. The number of aryl methyl sites for hydroxylation is 1. The Labute approximate surface area is 260 Å². The van der Waals surface area contributed by atoms with Crippen LogP contribution in [0.25, 0.3) is 0 Å². The Balaban J connectivity index is 1.90. The molecule has 42 heavy (non-hydrogen) atoms. The van der Waals surface area contributed by atoms with Gasteiger partial charge in [-0.2, -0.15) is 0 Å². The first kappa shape index (κ1) is 32.6. The molecule has 7 atom stereocenters. The van der Waals surface area contributed by atoms with E-state index in [0.717, 1.165) is 24.8 Å². The molecule has 0 radical (unpaired) electrons.